The second-order valence-electron chi connectivity index (χ2n) is 4.98. The van der Waals surface area contributed by atoms with E-state index in [1.54, 1.807) is 0 Å². The predicted octanol–water partition coefficient (Wildman–Crippen LogP) is 4.24. The lowest BCUT2D eigenvalue weighted by atomic mass is 10.1. The van der Waals surface area contributed by atoms with Crippen molar-refractivity contribution >= 4 is 23.6 Å². The highest BCUT2D eigenvalue weighted by molar-refractivity contribution is 7.27. The molecule has 0 aliphatic heterocycles. The van der Waals surface area contributed by atoms with Gasteiger partial charge < -0.3 is 0 Å². The molecule has 1 atom stereocenters. The number of aryl methyl sites for hydroxylation is 2. The summed E-state index contributed by atoms with van der Waals surface area (Å²) in [5.74, 6) is 0. The Bertz CT molecular complexity index is 334. The van der Waals surface area contributed by atoms with E-state index in [0.29, 0.717) is 5.54 Å². The second-order valence-corrected chi connectivity index (χ2v) is 11.2. The molecule has 1 aromatic rings. The van der Waals surface area contributed by atoms with E-state index in [2.05, 4.69) is 52.4 Å². The Balaban J connectivity index is 3.22. The average Bonchev–Trinajstić information content (AvgIpc) is 2.27. The fourth-order valence-electron chi connectivity index (χ4n) is 1.79. The van der Waals surface area contributed by atoms with Gasteiger partial charge in [0.2, 0.25) is 0 Å². The third-order valence-corrected chi connectivity index (χ3v) is 9.07. The fraction of sp³-hybridized carbons (Fsp3) is 0.571. The van der Waals surface area contributed by atoms with Crippen molar-refractivity contribution in [2.75, 3.05) is 0 Å². The highest BCUT2D eigenvalue weighted by Crippen LogP contribution is 2.25. The molecule has 1 aromatic carbocycles. The molecule has 0 fully saturated rings. The molecule has 0 radical (unpaired) electrons. The summed E-state index contributed by atoms with van der Waals surface area (Å²) >= 11 is 6.79. The van der Waals surface area contributed by atoms with Gasteiger partial charge in [-0.1, -0.05) is 52.4 Å². The molecule has 16 heavy (non-hydrogen) atoms. The summed E-state index contributed by atoms with van der Waals surface area (Å²) in [5.41, 5.74) is 3.43. The zero-order valence-electron chi connectivity index (χ0n) is 11.1. The Hall–Kier alpha value is -0.273. The molecule has 0 saturated heterocycles. The fourth-order valence-corrected chi connectivity index (χ4v) is 3.72. The Morgan fingerprint density at radius 1 is 1.06 bits per heavy atom. The van der Waals surface area contributed by atoms with Crippen molar-refractivity contribution in [1.82, 2.24) is 0 Å². The van der Waals surface area contributed by atoms with Crippen molar-refractivity contribution < 1.29 is 0 Å². The first-order valence-electron chi connectivity index (χ1n) is 6.24. The molecule has 0 aliphatic rings. The maximum absolute atomic E-state index is 6.79. The van der Waals surface area contributed by atoms with Crippen molar-refractivity contribution in [1.29, 1.82) is 0 Å². The Kier molecular flexibility index (Phi) is 4.63. The average molecular weight is 255 g/mol. The van der Waals surface area contributed by atoms with Gasteiger partial charge in [0, 0.05) is 0 Å². The summed E-state index contributed by atoms with van der Waals surface area (Å²) in [4.78, 5) is 0. The molecule has 0 aliphatic carbocycles. The molecule has 0 nitrogen and oxygen atoms in total. The van der Waals surface area contributed by atoms with Crippen LogP contribution in [0.15, 0.2) is 18.2 Å². The first kappa shape index (κ1) is 13.8. The van der Waals surface area contributed by atoms with Gasteiger partial charge in [0.25, 0.3) is 0 Å². The number of benzene rings is 1. The number of halogens is 1. The molecule has 0 amide bonds. The van der Waals surface area contributed by atoms with Gasteiger partial charge in [-0.05, 0) is 34.7 Å². The molecule has 2 heteroatoms. The van der Waals surface area contributed by atoms with Crippen LogP contribution < -0.4 is 5.19 Å². The van der Waals surface area contributed by atoms with Gasteiger partial charge in [0.15, 0.2) is 7.38 Å². The minimum absolute atomic E-state index is 0.575. The molecule has 1 unspecified atom stereocenters. The Morgan fingerprint density at radius 2 is 1.50 bits per heavy atom. The van der Waals surface area contributed by atoms with Crippen LogP contribution in [0.25, 0.3) is 0 Å². The van der Waals surface area contributed by atoms with Gasteiger partial charge in [-0.25, -0.2) is 0 Å². The highest BCUT2D eigenvalue weighted by Gasteiger charge is 2.31. The zero-order chi connectivity index (χ0) is 12.3. The van der Waals surface area contributed by atoms with Crippen LogP contribution in [0.5, 0.6) is 0 Å². The zero-order valence-corrected chi connectivity index (χ0v) is 12.9. The molecule has 0 heterocycles. The normalized spacial score (nSPS) is 15.2. The summed E-state index contributed by atoms with van der Waals surface area (Å²) in [7, 11) is -1.78. The lowest BCUT2D eigenvalue weighted by Crippen LogP contribution is -2.42. The van der Waals surface area contributed by atoms with Crippen LogP contribution >= 0.6 is 11.1 Å². The lowest BCUT2D eigenvalue weighted by Gasteiger charge is -2.25. The SMILES string of the molecule is CCc1cc(CC)cc([Si](C)(Cl)C(C)C)c1. The highest BCUT2D eigenvalue weighted by atomic mass is 35.6. The maximum Gasteiger partial charge on any atom is 0.186 e. The van der Waals surface area contributed by atoms with Crippen molar-refractivity contribution in [2.45, 2.75) is 52.6 Å². The first-order valence-corrected chi connectivity index (χ1v) is 9.82. The van der Waals surface area contributed by atoms with E-state index in [4.69, 9.17) is 11.1 Å². The van der Waals surface area contributed by atoms with E-state index in [-0.39, 0.29) is 0 Å². The summed E-state index contributed by atoms with van der Waals surface area (Å²) in [6, 6.07) is 6.95. The quantitative estimate of drug-likeness (QED) is 0.557. The van der Waals surface area contributed by atoms with E-state index in [1.165, 1.54) is 16.3 Å². The smallest absolute Gasteiger partial charge is 0.161 e. The van der Waals surface area contributed by atoms with Crippen LogP contribution in [-0.4, -0.2) is 7.38 Å². The molecule has 1 rings (SSSR count). The van der Waals surface area contributed by atoms with Crippen LogP contribution in [0.2, 0.25) is 12.1 Å². The number of rotatable bonds is 4. The van der Waals surface area contributed by atoms with E-state index in [9.17, 15) is 0 Å². The topological polar surface area (TPSA) is 0 Å². The van der Waals surface area contributed by atoms with Crippen molar-refractivity contribution in [3.8, 4) is 0 Å². The van der Waals surface area contributed by atoms with Crippen molar-refractivity contribution in [3.05, 3.63) is 29.3 Å². The minimum atomic E-state index is -1.78. The van der Waals surface area contributed by atoms with E-state index in [1.807, 2.05) is 0 Å². The predicted molar refractivity (Wildman–Crippen MR) is 77.4 cm³/mol. The maximum atomic E-state index is 6.79. The van der Waals surface area contributed by atoms with Gasteiger partial charge in [0.05, 0.1) is 0 Å². The summed E-state index contributed by atoms with van der Waals surface area (Å²) in [6.45, 7) is 11.2. The standard InChI is InChI=1S/C14H23ClSi/c1-6-12-8-13(7-2)10-14(9-12)16(5,15)11(3)4/h8-11H,6-7H2,1-5H3. The third-order valence-electron chi connectivity index (χ3n) is 3.52. The van der Waals surface area contributed by atoms with E-state index >= 15 is 0 Å². The number of hydrogen-bond donors (Lipinski definition) is 0. The molecular weight excluding hydrogens is 232 g/mol. The van der Waals surface area contributed by atoms with Gasteiger partial charge >= 0.3 is 0 Å². The van der Waals surface area contributed by atoms with Crippen LogP contribution in [0.1, 0.15) is 38.8 Å². The summed E-state index contributed by atoms with van der Waals surface area (Å²) < 4.78 is 0. The molecule has 0 aromatic heterocycles. The monoisotopic (exact) mass is 254 g/mol. The molecule has 0 spiro atoms. The van der Waals surface area contributed by atoms with Crippen LogP contribution in [-0.2, 0) is 12.8 Å². The van der Waals surface area contributed by atoms with Crippen LogP contribution in [0, 0.1) is 0 Å². The molecule has 90 valence electrons. The summed E-state index contributed by atoms with van der Waals surface area (Å²) in [6.07, 6.45) is 2.20. The minimum Gasteiger partial charge on any atom is -0.161 e. The van der Waals surface area contributed by atoms with Gasteiger partial charge in [0.1, 0.15) is 0 Å². The lowest BCUT2D eigenvalue weighted by molar-refractivity contribution is 1.04. The van der Waals surface area contributed by atoms with Gasteiger partial charge in [-0.15, -0.1) is 0 Å². The number of hydrogen-bond acceptors (Lipinski definition) is 0. The van der Waals surface area contributed by atoms with Crippen LogP contribution in [0.4, 0.5) is 0 Å². The first-order chi connectivity index (χ1) is 7.41. The summed E-state index contributed by atoms with van der Waals surface area (Å²) in [5, 5.41) is 1.40. The largest absolute Gasteiger partial charge is 0.186 e. The van der Waals surface area contributed by atoms with Gasteiger partial charge in [-0.2, -0.15) is 11.1 Å². The molecule has 0 bridgehead atoms. The van der Waals surface area contributed by atoms with Crippen molar-refractivity contribution in [3.63, 3.8) is 0 Å². The molecule has 0 N–H and O–H groups in total. The van der Waals surface area contributed by atoms with Gasteiger partial charge in [-0.3, -0.25) is 0 Å². The van der Waals surface area contributed by atoms with Crippen LogP contribution in [0.3, 0.4) is 0 Å². The van der Waals surface area contributed by atoms with E-state index in [0.717, 1.165) is 12.8 Å². The van der Waals surface area contributed by atoms with E-state index < -0.39 is 7.38 Å². The van der Waals surface area contributed by atoms with Crippen molar-refractivity contribution in [2.24, 2.45) is 0 Å². The third kappa shape index (κ3) is 2.89. The Morgan fingerprint density at radius 3 is 1.81 bits per heavy atom. The second kappa shape index (κ2) is 5.37. The molecular formula is C14H23ClSi. The molecule has 0 saturated carbocycles. The Labute approximate surface area is 106 Å².